The maximum Gasteiger partial charge on any atom is 0.314 e. The van der Waals surface area contributed by atoms with E-state index in [1.54, 1.807) is 20.8 Å². The lowest BCUT2D eigenvalue weighted by atomic mass is 10.1. The Balaban J connectivity index is 0. The Labute approximate surface area is 124 Å². The van der Waals surface area contributed by atoms with E-state index in [9.17, 15) is 18.3 Å². The first-order valence-electron chi connectivity index (χ1n) is 5.26. The average molecular weight is 338 g/mol. The van der Waals surface area contributed by atoms with Crippen molar-refractivity contribution in [1.29, 1.82) is 0 Å². The lowest BCUT2D eigenvalue weighted by Crippen LogP contribution is -2.55. The molecule has 3 N–H and O–H groups in total. The van der Waals surface area contributed by atoms with E-state index < -0.39 is 32.4 Å². The van der Waals surface area contributed by atoms with Crippen LogP contribution in [-0.2, 0) is 19.4 Å². The largest absolute Gasteiger partial charge is 0.460 e. The van der Waals surface area contributed by atoms with Gasteiger partial charge in [-0.3, -0.25) is 10.5 Å². The van der Waals surface area contributed by atoms with Crippen molar-refractivity contribution in [2.75, 3.05) is 11.6 Å². The van der Waals surface area contributed by atoms with Crippen LogP contribution in [0.15, 0.2) is 0 Å². The van der Waals surface area contributed by atoms with Gasteiger partial charge in [-0.2, -0.15) is 0 Å². The standard InChI is InChI=1S/C9H19NO5S.CH2Cl2/c1-6(7(11)15-8(2,3)4)9(10,12)16(5,13)14;2-1-3/h6,12H,10H2,1-5H3;1H2/t6?,9-;/m1./s1. The summed E-state index contributed by atoms with van der Waals surface area (Å²) in [5.74, 6) is -2.22. The van der Waals surface area contributed by atoms with E-state index in [0.29, 0.717) is 0 Å². The van der Waals surface area contributed by atoms with Gasteiger partial charge in [-0.25, -0.2) is 8.42 Å². The van der Waals surface area contributed by atoms with Crippen LogP contribution < -0.4 is 5.73 Å². The normalized spacial score (nSPS) is 16.7. The number of rotatable bonds is 3. The molecule has 0 rings (SSSR count). The van der Waals surface area contributed by atoms with Crippen molar-refractivity contribution < 1.29 is 23.1 Å². The van der Waals surface area contributed by atoms with Crippen LogP contribution in [0, 0.1) is 5.92 Å². The second-order valence-electron chi connectivity index (χ2n) is 4.88. The first-order valence-corrected chi connectivity index (χ1v) is 8.22. The van der Waals surface area contributed by atoms with E-state index in [0.717, 1.165) is 6.26 Å². The third-order valence-corrected chi connectivity index (χ3v) is 3.52. The summed E-state index contributed by atoms with van der Waals surface area (Å²) in [6.07, 6.45) is 0.758. The molecular formula is C10H21Cl2NO5S. The van der Waals surface area contributed by atoms with Gasteiger partial charge in [-0.15, -0.1) is 23.2 Å². The summed E-state index contributed by atoms with van der Waals surface area (Å²) in [6.45, 7) is 6.10. The molecule has 0 aromatic carbocycles. The molecule has 0 aliphatic carbocycles. The van der Waals surface area contributed by atoms with E-state index in [2.05, 4.69) is 0 Å². The SMILES string of the molecule is CC(C(=O)OC(C)(C)C)[C@@](N)(O)S(C)(=O)=O.ClCCl. The van der Waals surface area contributed by atoms with Crippen LogP contribution in [0.25, 0.3) is 0 Å². The van der Waals surface area contributed by atoms with E-state index in [1.807, 2.05) is 0 Å². The summed E-state index contributed by atoms with van der Waals surface area (Å²) in [5, 5.41) is 7.15. The monoisotopic (exact) mass is 337 g/mol. The van der Waals surface area contributed by atoms with Crippen LogP contribution in [0.4, 0.5) is 0 Å². The Morgan fingerprint density at radius 1 is 1.37 bits per heavy atom. The maximum absolute atomic E-state index is 11.5. The highest BCUT2D eigenvalue weighted by Gasteiger charge is 2.45. The van der Waals surface area contributed by atoms with Gasteiger partial charge in [0, 0.05) is 6.26 Å². The quantitative estimate of drug-likeness (QED) is 0.452. The van der Waals surface area contributed by atoms with Crippen LogP contribution >= 0.6 is 23.2 Å². The summed E-state index contributed by atoms with van der Waals surface area (Å²) in [5.41, 5.74) is 4.46. The molecular weight excluding hydrogens is 317 g/mol. The molecule has 0 saturated carbocycles. The third kappa shape index (κ3) is 7.94. The molecule has 0 bridgehead atoms. The van der Waals surface area contributed by atoms with E-state index >= 15 is 0 Å². The van der Waals surface area contributed by atoms with Crippen molar-refractivity contribution in [3.63, 3.8) is 0 Å². The molecule has 9 heteroatoms. The molecule has 0 fully saturated rings. The van der Waals surface area contributed by atoms with E-state index in [4.69, 9.17) is 33.7 Å². The number of carbonyl (C=O) groups is 1. The molecule has 0 heterocycles. The van der Waals surface area contributed by atoms with Crippen LogP contribution in [0.5, 0.6) is 0 Å². The Hall–Kier alpha value is -0.0800. The Morgan fingerprint density at radius 3 is 1.89 bits per heavy atom. The number of carbonyl (C=O) groups excluding carboxylic acids is 1. The smallest absolute Gasteiger partial charge is 0.314 e. The van der Waals surface area contributed by atoms with E-state index in [-0.39, 0.29) is 5.34 Å². The second kappa shape index (κ2) is 7.64. The van der Waals surface area contributed by atoms with Gasteiger partial charge in [0.25, 0.3) is 0 Å². The van der Waals surface area contributed by atoms with Crippen LogP contribution in [0.2, 0.25) is 0 Å². The average Bonchev–Trinajstić information content (AvgIpc) is 2.13. The molecule has 0 aliphatic heterocycles. The fraction of sp³-hybridized carbons (Fsp3) is 0.900. The van der Waals surface area contributed by atoms with Crippen molar-refractivity contribution in [2.45, 2.75) is 38.4 Å². The number of nitrogens with two attached hydrogens (primary N) is 1. The minimum Gasteiger partial charge on any atom is -0.460 e. The number of ether oxygens (including phenoxy) is 1. The molecule has 0 spiro atoms. The molecule has 0 aliphatic rings. The predicted molar refractivity (Wildman–Crippen MR) is 75.6 cm³/mol. The number of esters is 1. The van der Waals surface area contributed by atoms with Crippen LogP contribution in [0.1, 0.15) is 27.7 Å². The number of aliphatic hydroxyl groups is 1. The van der Waals surface area contributed by atoms with Gasteiger partial charge in [0.15, 0.2) is 9.84 Å². The Bertz CT molecular complexity index is 389. The fourth-order valence-electron chi connectivity index (χ4n) is 0.880. The summed E-state index contributed by atoms with van der Waals surface area (Å²) >= 11 is 9.53. The molecule has 6 nitrogen and oxygen atoms in total. The topological polar surface area (TPSA) is 107 Å². The number of halogens is 2. The van der Waals surface area contributed by atoms with Gasteiger partial charge in [0.1, 0.15) is 11.5 Å². The zero-order chi connectivity index (χ0) is 16.1. The van der Waals surface area contributed by atoms with Crippen molar-refractivity contribution in [2.24, 2.45) is 11.7 Å². The first-order chi connectivity index (χ1) is 8.20. The molecule has 0 aromatic rings. The predicted octanol–water partition coefficient (Wildman–Crippen LogP) is 1.04. The van der Waals surface area contributed by atoms with Gasteiger partial charge in [-0.05, 0) is 27.7 Å². The van der Waals surface area contributed by atoms with Crippen molar-refractivity contribution in [3.05, 3.63) is 0 Å². The highest BCUT2D eigenvalue weighted by Crippen LogP contribution is 2.21. The lowest BCUT2D eigenvalue weighted by molar-refractivity contribution is -0.164. The van der Waals surface area contributed by atoms with Gasteiger partial charge in [0.2, 0.25) is 5.06 Å². The van der Waals surface area contributed by atoms with Gasteiger partial charge in [0.05, 0.1) is 5.34 Å². The molecule has 116 valence electrons. The molecule has 0 radical (unpaired) electrons. The third-order valence-electron chi connectivity index (χ3n) is 1.97. The Morgan fingerprint density at radius 2 is 1.68 bits per heavy atom. The molecule has 19 heavy (non-hydrogen) atoms. The zero-order valence-corrected chi connectivity index (χ0v) is 13.9. The highest BCUT2D eigenvalue weighted by molar-refractivity contribution is 7.91. The minimum absolute atomic E-state index is 0.194. The summed E-state index contributed by atoms with van der Waals surface area (Å²) in [4.78, 5) is 11.5. The molecule has 2 atom stereocenters. The Kier molecular flexibility index (Phi) is 8.53. The summed E-state index contributed by atoms with van der Waals surface area (Å²) < 4.78 is 27.3. The van der Waals surface area contributed by atoms with Crippen molar-refractivity contribution in [3.8, 4) is 0 Å². The first kappa shape index (κ1) is 21.2. The number of alkyl halides is 2. The summed E-state index contributed by atoms with van der Waals surface area (Å²) in [7, 11) is -3.97. The number of hydrogen-bond acceptors (Lipinski definition) is 6. The molecule has 0 saturated heterocycles. The zero-order valence-electron chi connectivity index (χ0n) is 11.6. The van der Waals surface area contributed by atoms with Gasteiger partial charge in [-0.1, -0.05) is 0 Å². The second-order valence-corrected chi connectivity index (χ2v) is 7.89. The highest BCUT2D eigenvalue weighted by atomic mass is 35.5. The van der Waals surface area contributed by atoms with E-state index in [1.165, 1.54) is 6.92 Å². The lowest BCUT2D eigenvalue weighted by Gasteiger charge is -2.29. The van der Waals surface area contributed by atoms with Crippen molar-refractivity contribution >= 4 is 39.0 Å². The van der Waals surface area contributed by atoms with Gasteiger partial charge < -0.3 is 9.84 Å². The molecule has 1 unspecified atom stereocenters. The van der Waals surface area contributed by atoms with Crippen LogP contribution in [-0.4, -0.2) is 41.7 Å². The maximum atomic E-state index is 11.5. The number of hydrogen-bond donors (Lipinski definition) is 2. The summed E-state index contributed by atoms with van der Waals surface area (Å²) in [6, 6.07) is 0. The molecule has 0 aromatic heterocycles. The van der Waals surface area contributed by atoms with Crippen LogP contribution in [0.3, 0.4) is 0 Å². The minimum atomic E-state index is -3.97. The fourth-order valence-corrected chi connectivity index (χ4v) is 1.62. The molecule has 0 amide bonds. The van der Waals surface area contributed by atoms with Crippen molar-refractivity contribution in [1.82, 2.24) is 0 Å². The van der Waals surface area contributed by atoms with Gasteiger partial charge >= 0.3 is 5.97 Å². The number of sulfone groups is 1.